The molecule has 0 saturated heterocycles. The Kier molecular flexibility index (Phi) is 4.60. The van der Waals surface area contributed by atoms with E-state index in [1.807, 2.05) is 12.1 Å². The Labute approximate surface area is 136 Å². The smallest absolute Gasteiger partial charge is 0.239 e. The predicted molar refractivity (Wildman–Crippen MR) is 90.1 cm³/mol. The predicted octanol–water partition coefficient (Wildman–Crippen LogP) is 2.94. The number of halogens is 1. The van der Waals surface area contributed by atoms with Crippen LogP contribution in [0.2, 0.25) is 0 Å². The second-order valence-electron chi connectivity index (χ2n) is 6.04. The minimum absolute atomic E-state index is 0.0238. The summed E-state index contributed by atoms with van der Waals surface area (Å²) in [6.07, 6.45) is 1.69. The van der Waals surface area contributed by atoms with Crippen molar-refractivity contribution in [2.45, 2.75) is 25.8 Å². The van der Waals surface area contributed by atoms with Gasteiger partial charge in [-0.15, -0.1) is 0 Å². The van der Waals surface area contributed by atoms with E-state index in [9.17, 15) is 9.18 Å². The van der Waals surface area contributed by atoms with Gasteiger partial charge in [0.05, 0.1) is 6.54 Å². The molecule has 0 radical (unpaired) electrons. The van der Waals surface area contributed by atoms with E-state index in [1.54, 1.807) is 12.1 Å². The van der Waals surface area contributed by atoms with Crippen LogP contribution in [0.1, 0.15) is 18.1 Å². The van der Waals surface area contributed by atoms with E-state index in [0.29, 0.717) is 25.6 Å². The molecule has 1 N–H and O–H groups in total. The van der Waals surface area contributed by atoms with Gasteiger partial charge in [-0.2, -0.15) is 0 Å². The van der Waals surface area contributed by atoms with Crippen LogP contribution in [0.5, 0.6) is 0 Å². The van der Waals surface area contributed by atoms with Crippen LogP contribution < -0.4 is 10.2 Å². The number of amides is 1. The van der Waals surface area contributed by atoms with Gasteiger partial charge < -0.3 is 10.2 Å². The van der Waals surface area contributed by atoms with Crippen molar-refractivity contribution in [2.24, 2.45) is 0 Å². The molecule has 1 aliphatic heterocycles. The van der Waals surface area contributed by atoms with Gasteiger partial charge in [-0.25, -0.2) is 4.39 Å². The molecule has 1 amide bonds. The molecule has 0 bridgehead atoms. The fourth-order valence-electron chi connectivity index (χ4n) is 3.08. The van der Waals surface area contributed by atoms with E-state index < -0.39 is 0 Å². The highest BCUT2D eigenvalue weighted by Crippen LogP contribution is 2.31. The molecule has 2 aromatic rings. The summed E-state index contributed by atoms with van der Waals surface area (Å²) in [5.74, 6) is -0.213. The Morgan fingerprint density at radius 1 is 1.22 bits per heavy atom. The number of nitrogens with zero attached hydrogens (tertiary/aromatic N) is 1. The van der Waals surface area contributed by atoms with Gasteiger partial charge in [0.1, 0.15) is 5.82 Å². The maximum Gasteiger partial charge on any atom is 0.239 e. The zero-order valence-corrected chi connectivity index (χ0v) is 13.3. The third-order valence-electron chi connectivity index (χ3n) is 4.31. The minimum Gasteiger partial charge on any atom is -0.359 e. The second-order valence-corrected chi connectivity index (χ2v) is 6.04. The Balaban J connectivity index is 1.51. The quantitative estimate of drug-likeness (QED) is 0.920. The van der Waals surface area contributed by atoms with Crippen LogP contribution >= 0.6 is 0 Å². The third kappa shape index (κ3) is 3.70. The molecule has 2 aromatic carbocycles. The number of hydrogen-bond acceptors (Lipinski definition) is 2. The zero-order chi connectivity index (χ0) is 16.2. The van der Waals surface area contributed by atoms with Crippen LogP contribution in [0.4, 0.5) is 10.1 Å². The van der Waals surface area contributed by atoms with Crippen molar-refractivity contribution in [2.75, 3.05) is 18.0 Å². The molecule has 3 rings (SSSR count). The van der Waals surface area contributed by atoms with Crippen LogP contribution in [0, 0.1) is 5.82 Å². The molecule has 4 heteroatoms. The lowest BCUT2D eigenvalue weighted by Crippen LogP contribution is -2.40. The maximum atomic E-state index is 12.8. The van der Waals surface area contributed by atoms with E-state index >= 15 is 0 Å². The highest BCUT2D eigenvalue weighted by Gasteiger charge is 2.26. The van der Waals surface area contributed by atoms with Gasteiger partial charge in [-0.1, -0.05) is 30.3 Å². The Morgan fingerprint density at radius 2 is 1.96 bits per heavy atom. The molecule has 0 fully saturated rings. The van der Waals surface area contributed by atoms with Gasteiger partial charge in [-0.3, -0.25) is 4.79 Å². The zero-order valence-electron chi connectivity index (χ0n) is 13.3. The van der Waals surface area contributed by atoms with Crippen LogP contribution in [-0.4, -0.2) is 25.0 Å². The summed E-state index contributed by atoms with van der Waals surface area (Å²) in [5.41, 5.74) is 3.49. The maximum absolute atomic E-state index is 12.8. The number of benzene rings is 2. The Bertz CT molecular complexity index is 684. The number of para-hydroxylation sites is 1. The van der Waals surface area contributed by atoms with E-state index in [0.717, 1.165) is 17.7 Å². The van der Waals surface area contributed by atoms with Crippen molar-refractivity contribution in [3.8, 4) is 0 Å². The van der Waals surface area contributed by atoms with Crippen molar-refractivity contribution in [1.29, 1.82) is 0 Å². The van der Waals surface area contributed by atoms with Gasteiger partial charge in [-0.05, 0) is 49.1 Å². The van der Waals surface area contributed by atoms with Gasteiger partial charge in [0.15, 0.2) is 0 Å². The largest absolute Gasteiger partial charge is 0.359 e. The fraction of sp³-hybridized carbons (Fsp3) is 0.316. The van der Waals surface area contributed by atoms with E-state index in [-0.39, 0.29) is 11.7 Å². The average Bonchev–Trinajstić information content (AvgIpc) is 2.85. The lowest BCUT2D eigenvalue weighted by atomic mass is 10.1. The van der Waals surface area contributed by atoms with E-state index in [4.69, 9.17) is 0 Å². The van der Waals surface area contributed by atoms with Gasteiger partial charge >= 0.3 is 0 Å². The van der Waals surface area contributed by atoms with Crippen molar-refractivity contribution >= 4 is 11.6 Å². The molecule has 0 saturated carbocycles. The van der Waals surface area contributed by atoms with Gasteiger partial charge in [0.25, 0.3) is 0 Å². The normalized spacial score (nSPS) is 16.3. The summed E-state index contributed by atoms with van der Waals surface area (Å²) in [6, 6.07) is 15.0. The van der Waals surface area contributed by atoms with Crippen molar-refractivity contribution in [3.05, 3.63) is 65.5 Å². The number of hydrogen-bond donors (Lipinski definition) is 1. The third-order valence-corrected chi connectivity index (χ3v) is 4.31. The van der Waals surface area contributed by atoms with Crippen LogP contribution in [-0.2, 0) is 17.6 Å². The fourth-order valence-corrected chi connectivity index (χ4v) is 3.08. The van der Waals surface area contributed by atoms with Crippen LogP contribution in [0.25, 0.3) is 0 Å². The first-order valence-corrected chi connectivity index (χ1v) is 7.99. The molecule has 3 nitrogen and oxygen atoms in total. The molecule has 23 heavy (non-hydrogen) atoms. The van der Waals surface area contributed by atoms with Crippen molar-refractivity contribution in [3.63, 3.8) is 0 Å². The number of nitrogens with one attached hydrogen (secondary N) is 1. The molecule has 0 aromatic heterocycles. The molecule has 1 aliphatic rings. The Hall–Kier alpha value is -2.36. The van der Waals surface area contributed by atoms with Gasteiger partial charge in [0.2, 0.25) is 5.91 Å². The molecule has 1 heterocycles. The molecule has 1 atom stereocenters. The van der Waals surface area contributed by atoms with Crippen molar-refractivity contribution in [1.82, 2.24) is 5.32 Å². The summed E-state index contributed by atoms with van der Waals surface area (Å²) in [6.45, 7) is 3.09. The second kappa shape index (κ2) is 6.82. The standard InChI is InChI=1S/C19H21FN2O/c1-14-12-16-4-2-3-5-18(16)22(14)13-19(23)21-11-10-15-6-8-17(20)9-7-15/h2-9,14H,10-13H2,1H3,(H,21,23)/t14-/m0/s1. The summed E-state index contributed by atoms with van der Waals surface area (Å²) < 4.78 is 12.8. The molecular weight excluding hydrogens is 291 g/mol. The minimum atomic E-state index is -0.237. The first-order valence-electron chi connectivity index (χ1n) is 7.99. The molecule has 120 valence electrons. The van der Waals surface area contributed by atoms with E-state index in [2.05, 4.69) is 29.3 Å². The van der Waals surface area contributed by atoms with Crippen LogP contribution in [0.3, 0.4) is 0 Å². The molecular formula is C19H21FN2O. The summed E-state index contributed by atoms with van der Waals surface area (Å²) >= 11 is 0. The first-order chi connectivity index (χ1) is 11.1. The monoisotopic (exact) mass is 312 g/mol. The first kappa shape index (κ1) is 15.5. The topological polar surface area (TPSA) is 32.3 Å². The highest BCUT2D eigenvalue weighted by atomic mass is 19.1. The lowest BCUT2D eigenvalue weighted by Gasteiger charge is -2.24. The van der Waals surface area contributed by atoms with Gasteiger partial charge in [0, 0.05) is 18.3 Å². The van der Waals surface area contributed by atoms with Crippen molar-refractivity contribution < 1.29 is 9.18 Å². The Morgan fingerprint density at radius 3 is 2.74 bits per heavy atom. The SMILES string of the molecule is C[C@H]1Cc2ccccc2N1CC(=O)NCCc1ccc(F)cc1. The average molecular weight is 312 g/mol. The van der Waals surface area contributed by atoms with Crippen LogP contribution in [0.15, 0.2) is 48.5 Å². The number of carbonyl (C=O) groups excluding carboxylic acids is 1. The number of carbonyl (C=O) groups is 1. The number of rotatable bonds is 5. The molecule has 0 aliphatic carbocycles. The summed E-state index contributed by atoms with van der Waals surface area (Å²) in [4.78, 5) is 14.3. The molecule has 0 spiro atoms. The summed E-state index contributed by atoms with van der Waals surface area (Å²) in [5, 5.41) is 2.95. The lowest BCUT2D eigenvalue weighted by molar-refractivity contribution is -0.119. The highest BCUT2D eigenvalue weighted by molar-refractivity contribution is 5.82. The number of fused-ring (bicyclic) bond motifs is 1. The number of anilines is 1. The summed E-state index contributed by atoms with van der Waals surface area (Å²) in [7, 11) is 0. The molecule has 0 unspecified atom stereocenters. The van der Waals surface area contributed by atoms with E-state index in [1.165, 1.54) is 17.7 Å².